The van der Waals surface area contributed by atoms with Crippen LogP contribution in [0.15, 0.2) is 29.5 Å². The first kappa shape index (κ1) is 15.0. The molecular weight excluding hydrogens is 271 g/mol. The molecular formula is C14H19FN6. The lowest BCUT2D eigenvalue weighted by atomic mass is 10.1. The first-order valence-electron chi connectivity index (χ1n) is 6.62. The summed E-state index contributed by atoms with van der Waals surface area (Å²) in [7, 11) is 3.51. The van der Waals surface area contributed by atoms with E-state index in [9.17, 15) is 4.39 Å². The van der Waals surface area contributed by atoms with Gasteiger partial charge in [-0.05, 0) is 24.1 Å². The third-order valence-electron chi connectivity index (χ3n) is 3.14. The lowest BCUT2D eigenvalue weighted by Crippen LogP contribution is -2.37. The van der Waals surface area contributed by atoms with Gasteiger partial charge in [0.25, 0.3) is 0 Å². The standard InChI is InChI=1S/C14H19FN6/c1-10-4-5-11(6-12(10)15)7-17-14(16-2)18-8-13-19-9-20-21(13)3/h4-6,9H,7-8H2,1-3H3,(H2,16,17,18). The lowest BCUT2D eigenvalue weighted by Gasteiger charge is -2.12. The van der Waals surface area contributed by atoms with Crippen molar-refractivity contribution in [2.45, 2.75) is 20.0 Å². The molecule has 0 saturated heterocycles. The van der Waals surface area contributed by atoms with Gasteiger partial charge in [0, 0.05) is 20.6 Å². The minimum atomic E-state index is -0.198. The summed E-state index contributed by atoms with van der Waals surface area (Å²) in [6.45, 7) is 2.75. The highest BCUT2D eigenvalue weighted by molar-refractivity contribution is 5.79. The molecule has 0 atom stereocenters. The molecule has 21 heavy (non-hydrogen) atoms. The van der Waals surface area contributed by atoms with E-state index in [-0.39, 0.29) is 5.82 Å². The zero-order valence-corrected chi connectivity index (χ0v) is 12.4. The molecule has 0 bridgehead atoms. The van der Waals surface area contributed by atoms with E-state index in [2.05, 4.69) is 25.7 Å². The molecule has 2 rings (SSSR count). The smallest absolute Gasteiger partial charge is 0.191 e. The van der Waals surface area contributed by atoms with E-state index < -0.39 is 0 Å². The molecule has 1 heterocycles. The van der Waals surface area contributed by atoms with Crippen LogP contribution in [-0.4, -0.2) is 27.8 Å². The molecule has 1 aromatic heterocycles. The van der Waals surface area contributed by atoms with Crippen molar-refractivity contribution in [3.05, 3.63) is 47.3 Å². The van der Waals surface area contributed by atoms with Crippen molar-refractivity contribution >= 4 is 5.96 Å². The highest BCUT2D eigenvalue weighted by Gasteiger charge is 2.04. The summed E-state index contributed by atoms with van der Waals surface area (Å²) in [6.07, 6.45) is 1.50. The number of nitrogens with zero attached hydrogens (tertiary/aromatic N) is 4. The van der Waals surface area contributed by atoms with Crippen molar-refractivity contribution in [1.82, 2.24) is 25.4 Å². The molecule has 0 aliphatic rings. The van der Waals surface area contributed by atoms with Crippen molar-refractivity contribution in [3.8, 4) is 0 Å². The Balaban J connectivity index is 1.88. The van der Waals surface area contributed by atoms with Gasteiger partial charge in [-0.15, -0.1) is 0 Å². The molecule has 0 aliphatic heterocycles. The minimum absolute atomic E-state index is 0.198. The molecule has 0 saturated carbocycles. The average molecular weight is 290 g/mol. The summed E-state index contributed by atoms with van der Waals surface area (Å²) in [5.74, 6) is 1.23. The Morgan fingerprint density at radius 1 is 1.33 bits per heavy atom. The fraction of sp³-hybridized carbons (Fsp3) is 0.357. The van der Waals surface area contributed by atoms with Crippen LogP contribution in [0.2, 0.25) is 0 Å². The summed E-state index contributed by atoms with van der Waals surface area (Å²) in [5, 5.41) is 10.3. The number of benzene rings is 1. The van der Waals surface area contributed by atoms with Gasteiger partial charge in [-0.2, -0.15) is 5.10 Å². The first-order chi connectivity index (χ1) is 10.1. The van der Waals surface area contributed by atoms with Crippen molar-refractivity contribution in [1.29, 1.82) is 0 Å². The molecule has 0 radical (unpaired) electrons. The number of nitrogens with one attached hydrogen (secondary N) is 2. The molecule has 0 spiro atoms. The van der Waals surface area contributed by atoms with Crippen LogP contribution in [-0.2, 0) is 20.1 Å². The van der Waals surface area contributed by atoms with Crippen molar-refractivity contribution in [3.63, 3.8) is 0 Å². The quantitative estimate of drug-likeness (QED) is 0.654. The van der Waals surface area contributed by atoms with Gasteiger partial charge in [0.15, 0.2) is 5.96 Å². The number of guanidine groups is 1. The molecule has 2 aromatic rings. The van der Waals surface area contributed by atoms with Crippen LogP contribution in [0.5, 0.6) is 0 Å². The monoisotopic (exact) mass is 290 g/mol. The van der Waals surface area contributed by atoms with Gasteiger partial charge in [0.1, 0.15) is 18.0 Å². The van der Waals surface area contributed by atoms with Crippen LogP contribution in [0.25, 0.3) is 0 Å². The fourth-order valence-electron chi connectivity index (χ4n) is 1.80. The van der Waals surface area contributed by atoms with Gasteiger partial charge in [-0.3, -0.25) is 9.67 Å². The summed E-state index contributed by atoms with van der Waals surface area (Å²) < 4.78 is 15.2. The first-order valence-corrected chi connectivity index (χ1v) is 6.62. The van der Waals surface area contributed by atoms with Gasteiger partial charge in [0.05, 0.1) is 6.54 Å². The van der Waals surface area contributed by atoms with Gasteiger partial charge in [-0.1, -0.05) is 12.1 Å². The van der Waals surface area contributed by atoms with E-state index in [0.29, 0.717) is 24.6 Å². The Kier molecular flexibility index (Phi) is 4.86. The maximum Gasteiger partial charge on any atom is 0.191 e. The second kappa shape index (κ2) is 6.83. The van der Waals surface area contributed by atoms with E-state index in [1.54, 1.807) is 24.7 Å². The average Bonchev–Trinajstić information content (AvgIpc) is 2.88. The second-order valence-electron chi connectivity index (χ2n) is 4.66. The molecule has 0 amide bonds. The Labute approximate surface area is 123 Å². The van der Waals surface area contributed by atoms with Crippen LogP contribution in [0.4, 0.5) is 4.39 Å². The van der Waals surface area contributed by atoms with E-state index >= 15 is 0 Å². The Hall–Kier alpha value is -2.44. The van der Waals surface area contributed by atoms with E-state index in [1.807, 2.05) is 13.1 Å². The van der Waals surface area contributed by atoms with Gasteiger partial charge in [-0.25, -0.2) is 9.37 Å². The number of halogens is 1. The number of rotatable bonds is 4. The molecule has 0 fully saturated rings. The zero-order chi connectivity index (χ0) is 15.2. The largest absolute Gasteiger partial charge is 0.352 e. The number of hydrogen-bond donors (Lipinski definition) is 2. The zero-order valence-electron chi connectivity index (χ0n) is 12.4. The highest BCUT2D eigenvalue weighted by atomic mass is 19.1. The van der Waals surface area contributed by atoms with Crippen LogP contribution in [0, 0.1) is 12.7 Å². The number of aromatic nitrogens is 3. The normalized spacial score (nSPS) is 11.5. The van der Waals surface area contributed by atoms with Crippen LogP contribution < -0.4 is 10.6 Å². The third kappa shape index (κ3) is 4.01. The molecule has 1 aromatic carbocycles. The van der Waals surface area contributed by atoms with Crippen molar-refractivity contribution < 1.29 is 4.39 Å². The third-order valence-corrected chi connectivity index (χ3v) is 3.14. The maximum absolute atomic E-state index is 13.5. The van der Waals surface area contributed by atoms with Crippen LogP contribution >= 0.6 is 0 Å². The summed E-state index contributed by atoms with van der Waals surface area (Å²) in [6, 6.07) is 5.18. The number of hydrogen-bond acceptors (Lipinski definition) is 3. The molecule has 7 heteroatoms. The minimum Gasteiger partial charge on any atom is -0.352 e. The summed E-state index contributed by atoms with van der Waals surface area (Å²) >= 11 is 0. The highest BCUT2D eigenvalue weighted by Crippen LogP contribution is 2.08. The van der Waals surface area contributed by atoms with Crippen LogP contribution in [0.3, 0.4) is 0 Å². The van der Waals surface area contributed by atoms with E-state index in [4.69, 9.17) is 0 Å². The Morgan fingerprint density at radius 3 is 2.71 bits per heavy atom. The fourth-order valence-corrected chi connectivity index (χ4v) is 1.80. The van der Waals surface area contributed by atoms with Crippen LogP contribution in [0.1, 0.15) is 17.0 Å². The molecule has 0 aliphatic carbocycles. The predicted octanol–water partition coefficient (Wildman–Crippen LogP) is 1.13. The summed E-state index contributed by atoms with van der Waals surface area (Å²) in [4.78, 5) is 8.23. The van der Waals surface area contributed by atoms with E-state index in [1.165, 1.54) is 12.4 Å². The lowest BCUT2D eigenvalue weighted by molar-refractivity contribution is 0.615. The molecule has 112 valence electrons. The SMILES string of the molecule is CN=C(NCc1ccc(C)c(F)c1)NCc1ncnn1C. The predicted molar refractivity (Wildman–Crippen MR) is 79.2 cm³/mol. The summed E-state index contributed by atoms with van der Waals surface area (Å²) in [5.41, 5.74) is 1.50. The van der Waals surface area contributed by atoms with Gasteiger partial charge < -0.3 is 10.6 Å². The second-order valence-corrected chi connectivity index (χ2v) is 4.66. The van der Waals surface area contributed by atoms with Crippen molar-refractivity contribution in [2.75, 3.05) is 7.05 Å². The maximum atomic E-state index is 13.5. The molecule has 2 N–H and O–H groups in total. The topological polar surface area (TPSA) is 67.1 Å². The Bertz CT molecular complexity index is 634. The Morgan fingerprint density at radius 2 is 2.10 bits per heavy atom. The van der Waals surface area contributed by atoms with Gasteiger partial charge >= 0.3 is 0 Å². The number of aliphatic imine (C=N–C) groups is 1. The number of aryl methyl sites for hydroxylation is 2. The van der Waals surface area contributed by atoms with Crippen molar-refractivity contribution in [2.24, 2.45) is 12.0 Å². The van der Waals surface area contributed by atoms with Gasteiger partial charge in [0.2, 0.25) is 0 Å². The van der Waals surface area contributed by atoms with E-state index in [0.717, 1.165) is 11.4 Å². The molecule has 0 unspecified atom stereocenters. The molecule has 6 nitrogen and oxygen atoms in total.